The lowest BCUT2D eigenvalue weighted by atomic mass is 9.67. The first-order valence-electron chi connectivity index (χ1n) is 23.1. The molecule has 0 N–H and O–H groups in total. The number of benzene rings is 11. The molecule has 1 aromatic heterocycles. The van der Waals surface area contributed by atoms with E-state index in [0.717, 1.165) is 72.0 Å². The largest absolute Gasteiger partial charge is 0.455 e. The fourth-order valence-corrected chi connectivity index (χ4v) is 11.0. The molecule has 314 valence electrons. The van der Waals surface area contributed by atoms with Crippen LogP contribution in [0.4, 0.5) is 17.1 Å². The van der Waals surface area contributed by atoms with Crippen LogP contribution in [0, 0.1) is 0 Å². The molecule has 0 spiro atoms. The number of nitrogens with zero attached hydrogens (tertiary/aromatic N) is 1. The van der Waals surface area contributed by atoms with E-state index in [9.17, 15) is 0 Å². The van der Waals surface area contributed by atoms with Crippen LogP contribution in [0.25, 0.3) is 77.2 Å². The maximum absolute atomic E-state index is 7.23. The van der Waals surface area contributed by atoms with Crippen LogP contribution in [0.2, 0.25) is 0 Å². The lowest BCUT2D eigenvalue weighted by Gasteiger charge is -2.35. The maximum Gasteiger partial charge on any atom is 0.143 e. The first-order chi connectivity index (χ1) is 33.3. The van der Waals surface area contributed by atoms with Gasteiger partial charge < -0.3 is 9.32 Å². The van der Waals surface area contributed by atoms with Gasteiger partial charge in [-0.2, -0.15) is 0 Å². The van der Waals surface area contributed by atoms with Gasteiger partial charge in [0.15, 0.2) is 0 Å². The molecule has 2 nitrogen and oxygen atoms in total. The highest BCUT2D eigenvalue weighted by atomic mass is 16.3. The van der Waals surface area contributed by atoms with Crippen LogP contribution >= 0.6 is 0 Å². The number of rotatable bonds is 8. The van der Waals surface area contributed by atoms with Crippen molar-refractivity contribution in [3.8, 4) is 44.5 Å². The third-order valence-electron chi connectivity index (χ3n) is 13.9. The predicted molar refractivity (Wildman–Crippen MR) is 280 cm³/mol. The van der Waals surface area contributed by atoms with E-state index in [1.807, 2.05) is 0 Å². The van der Waals surface area contributed by atoms with Crippen LogP contribution in [0.3, 0.4) is 0 Å². The van der Waals surface area contributed by atoms with E-state index >= 15 is 0 Å². The molecule has 0 amide bonds. The molecule has 0 aliphatic heterocycles. The number of hydrogen-bond donors (Lipinski definition) is 0. The van der Waals surface area contributed by atoms with E-state index in [4.69, 9.17) is 4.42 Å². The quantitative estimate of drug-likeness (QED) is 0.151. The van der Waals surface area contributed by atoms with Gasteiger partial charge in [0.05, 0.1) is 11.1 Å². The van der Waals surface area contributed by atoms with Crippen molar-refractivity contribution < 1.29 is 4.42 Å². The van der Waals surface area contributed by atoms with E-state index in [0.29, 0.717) is 0 Å². The van der Waals surface area contributed by atoms with Crippen molar-refractivity contribution in [2.75, 3.05) is 4.90 Å². The van der Waals surface area contributed by atoms with Crippen LogP contribution in [-0.4, -0.2) is 0 Å². The Kier molecular flexibility index (Phi) is 9.11. The molecular weight excluding hydrogens is 811 g/mol. The molecule has 0 fully saturated rings. The SMILES string of the molecule is c1ccc(-c2ccc(N(c3ccc4c(c3)C(c3ccccc3)(c3ccccc3)c3ccccc3-4)c3cc4c5ccc(-c6ccccc6)c(-c6ccccc6)c5oc4c4ccccc34)cc2)cc1. The Hall–Kier alpha value is -8.72. The molecule has 0 bridgehead atoms. The highest BCUT2D eigenvalue weighted by Crippen LogP contribution is 2.58. The van der Waals surface area contributed by atoms with Gasteiger partial charge in [-0.1, -0.05) is 224 Å². The van der Waals surface area contributed by atoms with Crippen LogP contribution in [0.5, 0.6) is 0 Å². The first kappa shape index (κ1) is 38.7. The Labute approximate surface area is 390 Å². The van der Waals surface area contributed by atoms with Crippen molar-refractivity contribution in [2.45, 2.75) is 5.41 Å². The smallest absolute Gasteiger partial charge is 0.143 e. The molecular formula is C65H43NO. The Morgan fingerprint density at radius 3 is 1.46 bits per heavy atom. The van der Waals surface area contributed by atoms with Crippen molar-refractivity contribution in [3.05, 3.63) is 283 Å². The van der Waals surface area contributed by atoms with Gasteiger partial charge in [-0.15, -0.1) is 0 Å². The molecule has 0 atom stereocenters. The maximum atomic E-state index is 7.23. The minimum absolute atomic E-state index is 0.551. The number of hydrogen-bond acceptors (Lipinski definition) is 2. The zero-order valence-electron chi connectivity index (χ0n) is 36.7. The fraction of sp³-hybridized carbons (Fsp3) is 0.0154. The van der Waals surface area contributed by atoms with Crippen molar-refractivity contribution >= 4 is 49.8 Å². The Balaban J connectivity index is 1.10. The molecule has 0 saturated heterocycles. The van der Waals surface area contributed by atoms with Crippen molar-refractivity contribution in [3.63, 3.8) is 0 Å². The van der Waals surface area contributed by atoms with Crippen molar-refractivity contribution in [1.82, 2.24) is 0 Å². The monoisotopic (exact) mass is 853 g/mol. The molecule has 0 saturated carbocycles. The van der Waals surface area contributed by atoms with Crippen molar-refractivity contribution in [2.24, 2.45) is 0 Å². The minimum Gasteiger partial charge on any atom is -0.455 e. The molecule has 0 unspecified atom stereocenters. The Morgan fingerprint density at radius 1 is 0.299 bits per heavy atom. The topological polar surface area (TPSA) is 16.4 Å². The lowest BCUT2D eigenvalue weighted by Crippen LogP contribution is -2.28. The van der Waals surface area contributed by atoms with Gasteiger partial charge in [0, 0.05) is 38.5 Å². The van der Waals surface area contributed by atoms with Gasteiger partial charge in [-0.3, -0.25) is 0 Å². The van der Waals surface area contributed by atoms with E-state index in [-0.39, 0.29) is 0 Å². The highest BCUT2D eigenvalue weighted by Gasteiger charge is 2.46. The third kappa shape index (κ3) is 6.11. The molecule has 1 aliphatic carbocycles. The summed E-state index contributed by atoms with van der Waals surface area (Å²) in [6, 6.07) is 94.9. The summed E-state index contributed by atoms with van der Waals surface area (Å²) in [5, 5.41) is 4.32. The van der Waals surface area contributed by atoms with Crippen LogP contribution in [0.1, 0.15) is 22.3 Å². The molecule has 1 heterocycles. The van der Waals surface area contributed by atoms with Gasteiger partial charge >= 0.3 is 0 Å². The minimum atomic E-state index is -0.551. The molecule has 12 aromatic rings. The summed E-state index contributed by atoms with van der Waals surface area (Å²) in [6.07, 6.45) is 0. The average Bonchev–Trinajstić information content (AvgIpc) is 3.94. The Morgan fingerprint density at radius 2 is 0.791 bits per heavy atom. The van der Waals surface area contributed by atoms with Gasteiger partial charge in [0.25, 0.3) is 0 Å². The third-order valence-corrected chi connectivity index (χ3v) is 13.9. The van der Waals surface area contributed by atoms with Gasteiger partial charge in [-0.25, -0.2) is 0 Å². The molecule has 0 radical (unpaired) electrons. The second kappa shape index (κ2) is 15.8. The fourth-order valence-electron chi connectivity index (χ4n) is 11.0. The van der Waals surface area contributed by atoms with Crippen LogP contribution in [0.15, 0.2) is 265 Å². The second-order valence-electron chi connectivity index (χ2n) is 17.5. The first-order valence-corrected chi connectivity index (χ1v) is 23.1. The highest BCUT2D eigenvalue weighted by molar-refractivity contribution is 6.22. The van der Waals surface area contributed by atoms with Crippen LogP contribution in [-0.2, 0) is 5.41 Å². The summed E-state index contributed by atoms with van der Waals surface area (Å²) in [4.78, 5) is 2.47. The molecule has 1 aliphatic rings. The van der Waals surface area contributed by atoms with Gasteiger partial charge in [0.1, 0.15) is 11.2 Å². The standard InChI is InChI=1S/C65H43NO/c1-6-20-44(21-7-1)45-34-36-50(37-35-45)66(51-38-39-54-53-30-18-19-33-59(53)65(60(54)42-51,48-26-12-4-13-27-48)49-28-14-5-15-29-49)61-43-58-57-41-40-52(46-22-8-2-9-23-46)62(47-24-10-3-11-25-47)64(57)67-63(58)56-32-17-16-31-55(56)61/h1-43H. The zero-order valence-corrected chi connectivity index (χ0v) is 36.7. The summed E-state index contributed by atoms with van der Waals surface area (Å²) < 4.78 is 7.23. The van der Waals surface area contributed by atoms with Gasteiger partial charge in [0.2, 0.25) is 0 Å². The van der Waals surface area contributed by atoms with Crippen LogP contribution < -0.4 is 4.90 Å². The second-order valence-corrected chi connectivity index (χ2v) is 17.5. The summed E-state index contributed by atoms with van der Waals surface area (Å²) in [7, 11) is 0. The van der Waals surface area contributed by atoms with E-state index in [1.165, 1.54) is 44.5 Å². The summed E-state index contributed by atoms with van der Waals surface area (Å²) in [5.41, 5.74) is 18.8. The summed E-state index contributed by atoms with van der Waals surface area (Å²) >= 11 is 0. The lowest BCUT2D eigenvalue weighted by molar-refractivity contribution is 0.674. The number of fused-ring (bicyclic) bond motifs is 8. The molecule has 13 rings (SSSR count). The molecule has 2 heteroatoms. The predicted octanol–water partition coefficient (Wildman–Crippen LogP) is 17.6. The Bertz CT molecular complexity index is 3730. The summed E-state index contributed by atoms with van der Waals surface area (Å²) in [5.74, 6) is 0. The number of furan rings is 1. The van der Waals surface area contributed by atoms with E-state index in [2.05, 4.69) is 266 Å². The number of anilines is 3. The average molecular weight is 854 g/mol. The normalized spacial score (nSPS) is 12.6. The summed E-state index contributed by atoms with van der Waals surface area (Å²) in [6.45, 7) is 0. The molecule has 11 aromatic carbocycles. The molecule has 67 heavy (non-hydrogen) atoms. The zero-order chi connectivity index (χ0) is 44.3. The van der Waals surface area contributed by atoms with Gasteiger partial charge in [-0.05, 0) is 97.6 Å². The van der Waals surface area contributed by atoms with E-state index in [1.54, 1.807) is 0 Å². The van der Waals surface area contributed by atoms with E-state index < -0.39 is 5.41 Å². The van der Waals surface area contributed by atoms with Crippen molar-refractivity contribution in [1.29, 1.82) is 0 Å².